The van der Waals surface area contributed by atoms with Crippen LogP contribution in [0.25, 0.3) is 0 Å². The van der Waals surface area contributed by atoms with Gasteiger partial charge in [-0.25, -0.2) is 4.79 Å². The van der Waals surface area contributed by atoms with E-state index in [4.69, 9.17) is 25.8 Å². The fourth-order valence-electron chi connectivity index (χ4n) is 9.41. The lowest BCUT2D eigenvalue weighted by Gasteiger charge is -2.57. The number of halogens is 1. The van der Waals surface area contributed by atoms with Gasteiger partial charge in [0.25, 0.3) is 0 Å². The molecule has 1 saturated carbocycles. The molecule has 51 heavy (non-hydrogen) atoms. The fourth-order valence-corrected chi connectivity index (χ4v) is 9.60. The third kappa shape index (κ3) is 6.35. The van der Waals surface area contributed by atoms with Crippen molar-refractivity contribution in [3.05, 3.63) is 70.3 Å². The number of hydrogen-bond donors (Lipinski definition) is 2. The van der Waals surface area contributed by atoms with Gasteiger partial charge in [-0.2, -0.15) is 0 Å². The summed E-state index contributed by atoms with van der Waals surface area (Å²) < 4.78 is 18.9. The molecular formula is C40H50ClN3O7. The lowest BCUT2D eigenvalue weighted by molar-refractivity contribution is -0.197. The Labute approximate surface area is 305 Å². The average Bonchev–Trinajstić information content (AvgIpc) is 3.21. The van der Waals surface area contributed by atoms with E-state index in [2.05, 4.69) is 34.1 Å². The minimum atomic E-state index is -2.39. The summed E-state index contributed by atoms with van der Waals surface area (Å²) >= 11 is 6.47. The number of carbonyl (C=O) groups excluding carboxylic acids is 1. The van der Waals surface area contributed by atoms with Crippen LogP contribution in [0.4, 0.5) is 5.69 Å². The van der Waals surface area contributed by atoms with Crippen molar-refractivity contribution in [1.82, 2.24) is 9.80 Å². The number of fused-ring (bicyclic) bond motifs is 4. The number of nitrogens with zero attached hydrogens (tertiary/aromatic N) is 3. The first-order valence-electron chi connectivity index (χ1n) is 18.7. The first kappa shape index (κ1) is 34.9. The highest BCUT2D eigenvalue weighted by atomic mass is 35.5. The van der Waals surface area contributed by atoms with E-state index in [0.717, 1.165) is 75.7 Å². The molecule has 2 aromatic rings. The maximum Gasteiger partial charge on any atom is 0.340 e. The van der Waals surface area contributed by atoms with Gasteiger partial charge in [0, 0.05) is 50.2 Å². The van der Waals surface area contributed by atoms with Crippen LogP contribution in [-0.2, 0) is 36.5 Å². The molecule has 6 aliphatic rings. The zero-order valence-electron chi connectivity index (χ0n) is 29.5. The molecule has 5 atom stereocenters. The molecule has 0 radical (unpaired) electrons. The molecule has 2 bridgehead atoms. The topological polar surface area (TPSA) is 112 Å². The Kier molecular flexibility index (Phi) is 9.36. The SMILES string of the molecule is CN1CC/C=C/[C@H](OCCN2CCC23COC3)[C@@H]2CC[C@H]2CN2C[C@@]3(CCCc4cc(Cl)ccc43)COc3ccc(cc32)[C@@](O)(C(=O)O)CC1=O. The molecule has 4 aliphatic heterocycles. The maximum atomic E-state index is 13.4. The van der Waals surface area contributed by atoms with E-state index >= 15 is 0 Å². The van der Waals surface area contributed by atoms with E-state index in [1.54, 1.807) is 25.2 Å². The molecule has 4 heterocycles. The van der Waals surface area contributed by atoms with Crippen molar-refractivity contribution in [3.63, 3.8) is 0 Å². The molecule has 1 amide bonds. The van der Waals surface area contributed by atoms with E-state index in [1.165, 1.54) is 22.4 Å². The number of aliphatic carboxylic acids is 1. The minimum absolute atomic E-state index is 0.0508. The minimum Gasteiger partial charge on any atom is -0.490 e. The van der Waals surface area contributed by atoms with E-state index < -0.39 is 23.9 Å². The highest BCUT2D eigenvalue weighted by Gasteiger charge is 2.51. The summed E-state index contributed by atoms with van der Waals surface area (Å²) in [5, 5.41) is 22.8. The second kappa shape index (κ2) is 13.7. The molecule has 2 aromatic carbocycles. The summed E-state index contributed by atoms with van der Waals surface area (Å²) in [5.74, 6) is -0.582. The quantitative estimate of drug-likeness (QED) is 0.422. The number of likely N-dealkylation sites (tertiary alicyclic amines) is 1. The zero-order valence-corrected chi connectivity index (χ0v) is 30.3. The van der Waals surface area contributed by atoms with Crippen molar-refractivity contribution < 1.29 is 34.0 Å². The molecule has 0 unspecified atom stereocenters. The predicted octanol–water partition coefficient (Wildman–Crippen LogP) is 4.78. The van der Waals surface area contributed by atoms with Crippen molar-refractivity contribution in [1.29, 1.82) is 0 Å². The highest BCUT2D eigenvalue weighted by molar-refractivity contribution is 6.30. The first-order chi connectivity index (χ1) is 24.6. The number of benzene rings is 2. The Bertz CT molecular complexity index is 1690. The smallest absolute Gasteiger partial charge is 0.340 e. The van der Waals surface area contributed by atoms with Crippen LogP contribution in [-0.4, -0.2) is 110 Å². The maximum absolute atomic E-state index is 13.4. The molecule has 274 valence electrons. The van der Waals surface area contributed by atoms with Crippen LogP contribution < -0.4 is 9.64 Å². The lowest BCUT2D eigenvalue weighted by atomic mass is 9.68. The van der Waals surface area contributed by atoms with Crippen LogP contribution >= 0.6 is 11.6 Å². The molecule has 10 nitrogen and oxygen atoms in total. The number of hydrogen-bond acceptors (Lipinski definition) is 8. The number of carboxylic acids is 1. The van der Waals surface area contributed by atoms with Crippen molar-refractivity contribution in [2.24, 2.45) is 11.8 Å². The van der Waals surface area contributed by atoms with Crippen molar-refractivity contribution in [2.75, 3.05) is 71.1 Å². The third-order valence-electron chi connectivity index (χ3n) is 12.9. The van der Waals surface area contributed by atoms with Gasteiger partial charge in [0.2, 0.25) is 5.91 Å². The second-order valence-electron chi connectivity index (χ2n) is 16.0. The van der Waals surface area contributed by atoms with Crippen LogP contribution in [0.5, 0.6) is 5.75 Å². The molecule has 3 fully saturated rings. The Morgan fingerprint density at radius 1 is 1.10 bits per heavy atom. The fraction of sp³-hybridized carbons (Fsp3) is 0.600. The number of anilines is 1. The van der Waals surface area contributed by atoms with Crippen LogP contribution in [0.3, 0.4) is 0 Å². The average molecular weight is 720 g/mol. The normalized spacial score (nSPS) is 32.5. The highest BCUT2D eigenvalue weighted by Crippen LogP contribution is 2.48. The number of aliphatic hydroxyl groups is 1. The van der Waals surface area contributed by atoms with Gasteiger partial charge >= 0.3 is 5.97 Å². The van der Waals surface area contributed by atoms with Gasteiger partial charge < -0.3 is 34.2 Å². The number of amides is 1. The van der Waals surface area contributed by atoms with E-state index in [-0.39, 0.29) is 22.6 Å². The molecule has 2 spiro atoms. The molecule has 2 saturated heterocycles. The summed E-state index contributed by atoms with van der Waals surface area (Å²) in [6, 6.07) is 11.3. The number of rotatable bonds is 5. The monoisotopic (exact) mass is 719 g/mol. The van der Waals surface area contributed by atoms with E-state index in [9.17, 15) is 19.8 Å². The van der Waals surface area contributed by atoms with Gasteiger partial charge in [-0.05, 0) is 97.7 Å². The predicted molar refractivity (Wildman–Crippen MR) is 193 cm³/mol. The number of ether oxygens (including phenoxy) is 3. The van der Waals surface area contributed by atoms with Crippen LogP contribution in [0.1, 0.15) is 61.6 Å². The summed E-state index contributed by atoms with van der Waals surface area (Å²) in [5.41, 5.74) is 0.964. The van der Waals surface area contributed by atoms with Gasteiger partial charge in [-0.15, -0.1) is 0 Å². The lowest BCUT2D eigenvalue weighted by Crippen LogP contribution is -2.71. The standard InChI is InChI=1S/C40H50ClN3O7/c1-42-15-3-2-6-34(50-18-17-44-16-14-39(44)25-49-26-39)31-10-7-28(31)22-43-23-38(13-4-5-27-19-30(41)9-11-32(27)38)24-51-35-12-8-29(20-33(35)43)40(48,37(46)47)21-36(42)45/h2,6,8-9,11-12,19-20,28,31,34,48H,3-5,7,10,13-18,21-26H2,1H3,(H,46,47)/b6-2+/t28-,31+,34-,38-,40+/m0/s1. The Morgan fingerprint density at radius 3 is 2.69 bits per heavy atom. The number of carbonyl (C=O) groups is 2. The molecule has 2 aliphatic carbocycles. The Hall–Kier alpha value is -3.15. The van der Waals surface area contributed by atoms with Gasteiger partial charge in [0.15, 0.2) is 5.60 Å². The van der Waals surface area contributed by atoms with Crippen molar-refractivity contribution in [2.45, 2.75) is 74.0 Å². The van der Waals surface area contributed by atoms with Crippen LogP contribution in [0.15, 0.2) is 48.6 Å². The van der Waals surface area contributed by atoms with Crippen LogP contribution in [0, 0.1) is 11.8 Å². The zero-order chi connectivity index (χ0) is 35.4. The summed E-state index contributed by atoms with van der Waals surface area (Å²) in [7, 11) is 1.66. The first-order valence-corrected chi connectivity index (χ1v) is 19.1. The molecule has 11 heteroatoms. The number of aryl methyl sites for hydroxylation is 1. The molecular weight excluding hydrogens is 670 g/mol. The molecule has 8 rings (SSSR count). The van der Waals surface area contributed by atoms with Crippen LogP contribution in [0.2, 0.25) is 5.02 Å². The van der Waals surface area contributed by atoms with Gasteiger partial charge in [-0.3, -0.25) is 9.69 Å². The van der Waals surface area contributed by atoms with Gasteiger partial charge in [0.05, 0.1) is 50.2 Å². The summed E-state index contributed by atoms with van der Waals surface area (Å²) in [6.45, 7) is 6.56. The molecule has 2 N–H and O–H groups in total. The third-order valence-corrected chi connectivity index (χ3v) is 13.2. The number of carboxylic acid groups (broad SMARTS) is 1. The largest absolute Gasteiger partial charge is 0.490 e. The van der Waals surface area contributed by atoms with E-state index in [0.29, 0.717) is 50.3 Å². The Morgan fingerprint density at radius 2 is 1.96 bits per heavy atom. The van der Waals surface area contributed by atoms with Gasteiger partial charge in [0.1, 0.15) is 5.75 Å². The van der Waals surface area contributed by atoms with E-state index in [1.807, 2.05) is 6.07 Å². The summed E-state index contributed by atoms with van der Waals surface area (Å²) in [6.07, 6.45) is 10.5. The van der Waals surface area contributed by atoms with Gasteiger partial charge in [-0.1, -0.05) is 35.9 Å². The Balaban J connectivity index is 1.14. The second-order valence-corrected chi connectivity index (χ2v) is 16.4. The summed E-state index contributed by atoms with van der Waals surface area (Å²) in [4.78, 5) is 32.5. The molecule has 0 aromatic heterocycles. The van der Waals surface area contributed by atoms with Crippen molar-refractivity contribution in [3.8, 4) is 5.75 Å². The van der Waals surface area contributed by atoms with Crippen molar-refractivity contribution >= 4 is 29.2 Å².